The highest BCUT2D eigenvalue weighted by Gasteiger charge is 2.53. The molecule has 0 aliphatic carbocycles. The largest absolute Gasteiger partial charge is 0.299 e. The summed E-state index contributed by atoms with van der Waals surface area (Å²) in [5, 5.41) is 0. The molecule has 2 heteroatoms. The summed E-state index contributed by atoms with van der Waals surface area (Å²) >= 11 is 0. The SMILES string of the molecule is CC[C@@]12C[C@@H](CN3CCCC[C@@H]31)[C@@H]1CCCCN1C2. The summed E-state index contributed by atoms with van der Waals surface area (Å²) < 4.78 is 0. The molecule has 0 aromatic heterocycles. The minimum absolute atomic E-state index is 0.650. The highest BCUT2D eigenvalue weighted by Crippen LogP contribution is 2.51. The molecule has 4 saturated heterocycles. The third-order valence-corrected chi connectivity index (χ3v) is 6.89. The highest BCUT2D eigenvalue weighted by atomic mass is 15.3. The zero-order valence-electron chi connectivity index (χ0n) is 12.6. The van der Waals surface area contributed by atoms with Gasteiger partial charge >= 0.3 is 0 Å². The predicted molar refractivity (Wildman–Crippen MR) is 79.3 cm³/mol. The van der Waals surface area contributed by atoms with Crippen LogP contribution < -0.4 is 0 Å². The highest BCUT2D eigenvalue weighted by molar-refractivity contribution is 5.07. The Labute approximate surface area is 118 Å². The van der Waals surface area contributed by atoms with E-state index in [1.165, 1.54) is 71.1 Å². The van der Waals surface area contributed by atoms with Crippen molar-refractivity contribution in [2.45, 2.75) is 70.4 Å². The molecule has 4 fully saturated rings. The van der Waals surface area contributed by atoms with Gasteiger partial charge in [-0.3, -0.25) is 9.80 Å². The average Bonchev–Trinajstić information content (AvgIpc) is 2.47. The third kappa shape index (κ3) is 1.90. The van der Waals surface area contributed by atoms with Gasteiger partial charge in [-0.15, -0.1) is 0 Å². The number of fused-ring (bicyclic) bond motifs is 6. The fourth-order valence-corrected chi connectivity index (χ4v) is 6.00. The molecule has 19 heavy (non-hydrogen) atoms. The van der Waals surface area contributed by atoms with Gasteiger partial charge in [0.25, 0.3) is 0 Å². The first-order chi connectivity index (χ1) is 9.32. The lowest BCUT2D eigenvalue weighted by molar-refractivity contribution is -0.128. The lowest BCUT2D eigenvalue weighted by atomic mass is 9.60. The van der Waals surface area contributed by atoms with Crippen LogP contribution in [0, 0.1) is 11.3 Å². The minimum atomic E-state index is 0.650. The molecule has 0 aromatic rings. The van der Waals surface area contributed by atoms with Crippen molar-refractivity contribution in [1.29, 1.82) is 0 Å². The Balaban J connectivity index is 1.65. The van der Waals surface area contributed by atoms with Crippen molar-refractivity contribution < 1.29 is 0 Å². The maximum atomic E-state index is 2.91. The van der Waals surface area contributed by atoms with Crippen LogP contribution in [0.3, 0.4) is 0 Å². The summed E-state index contributed by atoms with van der Waals surface area (Å²) in [6, 6.07) is 1.86. The van der Waals surface area contributed by atoms with Crippen LogP contribution in [-0.2, 0) is 0 Å². The molecule has 0 N–H and O–H groups in total. The van der Waals surface area contributed by atoms with Crippen LogP contribution in [0.15, 0.2) is 0 Å². The molecule has 0 saturated carbocycles. The van der Waals surface area contributed by atoms with Crippen molar-refractivity contribution >= 4 is 0 Å². The lowest BCUT2D eigenvalue weighted by Gasteiger charge is -2.63. The van der Waals surface area contributed by atoms with E-state index >= 15 is 0 Å². The van der Waals surface area contributed by atoms with E-state index in [1.54, 1.807) is 6.42 Å². The number of hydrogen-bond acceptors (Lipinski definition) is 2. The van der Waals surface area contributed by atoms with Gasteiger partial charge in [0.05, 0.1) is 0 Å². The molecule has 4 atom stereocenters. The summed E-state index contributed by atoms with van der Waals surface area (Å²) in [4.78, 5) is 5.82. The topological polar surface area (TPSA) is 6.48 Å². The minimum Gasteiger partial charge on any atom is -0.299 e. The first-order valence-electron chi connectivity index (χ1n) is 8.80. The van der Waals surface area contributed by atoms with Gasteiger partial charge in [-0.2, -0.15) is 0 Å². The summed E-state index contributed by atoms with van der Waals surface area (Å²) in [5.41, 5.74) is 0.650. The van der Waals surface area contributed by atoms with Crippen LogP contribution in [-0.4, -0.2) is 48.1 Å². The fourth-order valence-electron chi connectivity index (χ4n) is 6.00. The van der Waals surface area contributed by atoms with Crippen LogP contribution in [0.2, 0.25) is 0 Å². The maximum absolute atomic E-state index is 2.91. The van der Waals surface area contributed by atoms with Gasteiger partial charge in [0, 0.05) is 25.2 Å². The third-order valence-electron chi connectivity index (χ3n) is 6.89. The lowest BCUT2D eigenvalue weighted by Crippen LogP contribution is -2.68. The van der Waals surface area contributed by atoms with Gasteiger partial charge in [-0.05, 0) is 62.9 Å². The Kier molecular flexibility index (Phi) is 3.15. The number of nitrogens with zero attached hydrogens (tertiary/aromatic N) is 2. The standard InChI is InChI=1S/C17H30N2/c1-2-17-11-14(12-18-9-6-4-8-16(17)18)15-7-3-5-10-19(15)13-17/h14-16H,2-13H2,1H3/t14-,15-,16+,17-/m0/s1. The molecule has 0 radical (unpaired) electrons. The zero-order valence-corrected chi connectivity index (χ0v) is 12.6. The molecular weight excluding hydrogens is 232 g/mol. The van der Waals surface area contributed by atoms with E-state index in [1.807, 2.05) is 0 Å². The molecule has 0 unspecified atom stereocenters. The summed E-state index contributed by atoms with van der Waals surface area (Å²) in [6.45, 7) is 8.12. The average molecular weight is 262 g/mol. The Morgan fingerprint density at radius 2 is 1.79 bits per heavy atom. The molecule has 0 amide bonds. The molecule has 0 spiro atoms. The van der Waals surface area contributed by atoms with Crippen LogP contribution in [0.5, 0.6) is 0 Å². The van der Waals surface area contributed by atoms with E-state index < -0.39 is 0 Å². The second-order valence-corrected chi connectivity index (χ2v) is 7.72. The van der Waals surface area contributed by atoms with Gasteiger partial charge in [-0.25, -0.2) is 0 Å². The fraction of sp³-hybridized carbons (Fsp3) is 1.00. The summed E-state index contributed by atoms with van der Waals surface area (Å²) in [6.07, 6.45) is 11.8. The van der Waals surface area contributed by atoms with E-state index in [-0.39, 0.29) is 0 Å². The maximum Gasteiger partial charge on any atom is 0.0164 e. The smallest absolute Gasteiger partial charge is 0.0164 e. The van der Waals surface area contributed by atoms with Crippen molar-refractivity contribution in [1.82, 2.24) is 9.80 Å². The van der Waals surface area contributed by atoms with E-state index in [2.05, 4.69) is 16.7 Å². The van der Waals surface area contributed by atoms with Crippen LogP contribution in [0.1, 0.15) is 58.3 Å². The molecule has 2 bridgehead atoms. The Morgan fingerprint density at radius 1 is 1.00 bits per heavy atom. The second kappa shape index (κ2) is 4.73. The molecule has 4 rings (SSSR count). The van der Waals surface area contributed by atoms with E-state index in [0.717, 1.165) is 18.0 Å². The van der Waals surface area contributed by atoms with Crippen molar-refractivity contribution in [3.63, 3.8) is 0 Å². The van der Waals surface area contributed by atoms with Crippen molar-refractivity contribution in [3.05, 3.63) is 0 Å². The first kappa shape index (κ1) is 12.6. The Hall–Kier alpha value is -0.0800. The summed E-state index contributed by atoms with van der Waals surface area (Å²) in [5.74, 6) is 0.989. The first-order valence-corrected chi connectivity index (χ1v) is 8.80. The molecule has 4 aliphatic heterocycles. The van der Waals surface area contributed by atoms with E-state index in [9.17, 15) is 0 Å². The van der Waals surface area contributed by atoms with Gasteiger partial charge in [0.1, 0.15) is 0 Å². The number of rotatable bonds is 1. The van der Waals surface area contributed by atoms with Crippen LogP contribution >= 0.6 is 0 Å². The number of hydrogen-bond donors (Lipinski definition) is 0. The number of piperidine rings is 4. The molecule has 108 valence electrons. The van der Waals surface area contributed by atoms with Crippen LogP contribution in [0.25, 0.3) is 0 Å². The zero-order chi connectivity index (χ0) is 12.9. The second-order valence-electron chi connectivity index (χ2n) is 7.72. The molecule has 0 aromatic carbocycles. The monoisotopic (exact) mass is 262 g/mol. The van der Waals surface area contributed by atoms with Crippen LogP contribution in [0.4, 0.5) is 0 Å². The summed E-state index contributed by atoms with van der Waals surface area (Å²) in [7, 11) is 0. The quantitative estimate of drug-likeness (QED) is 0.716. The van der Waals surface area contributed by atoms with Gasteiger partial charge < -0.3 is 0 Å². The molecule has 4 aliphatic rings. The Morgan fingerprint density at radius 3 is 2.63 bits per heavy atom. The van der Waals surface area contributed by atoms with Crippen molar-refractivity contribution in [3.8, 4) is 0 Å². The van der Waals surface area contributed by atoms with Crippen molar-refractivity contribution in [2.24, 2.45) is 11.3 Å². The molecular formula is C17H30N2. The molecule has 4 heterocycles. The Bertz CT molecular complexity index is 340. The van der Waals surface area contributed by atoms with E-state index in [4.69, 9.17) is 0 Å². The van der Waals surface area contributed by atoms with Gasteiger partial charge in [0.15, 0.2) is 0 Å². The van der Waals surface area contributed by atoms with Gasteiger partial charge in [-0.1, -0.05) is 19.8 Å². The molecule has 2 nitrogen and oxygen atoms in total. The van der Waals surface area contributed by atoms with E-state index in [0.29, 0.717) is 5.41 Å². The normalized spacial score (nSPS) is 47.5. The predicted octanol–water partition coefficient (Wildman–Crippen LogP) is 3.13. The van der Waals surface area contributed by atoms with Gasteiger partial charge in [0.2, 0.25) is 0 Å². The van der Waals surface area contributed by atoms with Crippen molar-refractivity contribution in [2.75, 3.05) is 26.2 Å².